The molecule has 0 radical (unpaired) electrons. The maximum absolute atomic E-state index is 13.0. The Balaban J connectivity index is 1.83. The van der Waals surface area contributed by atoms with Crippen molar-refractivity contribution in [1.29, 1.82) is 0 Å². The lowest BCUT2D eigenvalue weighted by molar-refractivity contribution is -0.432. The monoisotopic (exact) mass is 602 g/mol. The van der Waals surface area contributed by atoms with E-state index in [1.807, 2.05) is 0 Å². The first-order chi connectivity index (χ1) is 17.8. The lowest BCUT2D eigenvalue weighted by atomic mass is 10.1. The van der Waals surface area contributed by atoms with Gasteiger partial charge in [-0.3, -0.25) is 13.9 Å². The summed E-state index contributed by atoms with van der Waals surface area (Å²) in [7, 11) is -9.83. The molecule has 1 aliphatic heterocycles. The van der Waals surface area contributed by atoms with Crippen molar-refractivity contribution in [2.24, 2.45) is 15.3 Å². The topological polar surface area (TPSA) is 205 Å². The van der Waals surface area contributed by atoms with E-state index in [2.05, 4.69) is 24.7 Å². The fraction of sp³-hybridized carbons (Fsp3) is 0.100. The van der Waals surface area contributed by atoms with E-state index in [0.717, 1.165) is 23.2 Å². The molecule has 1 amide bonds. The van der Waals surface area contributed by atoms with E-state index < -0.39 is 47.7 Å². The number of hydrazone groups is 1. The molecule has 38 heavy (non-hydrogen) atoms. The van der Waals surface area contributed by atoms with E-state index >= 15 is 0 Å². The molecule has 1 atom stereocenters. The zero-order valence-electron chi connectivity index (χ0n) is 18.8. The SMILES string of the molecule is CC1=NN(c2ccccc2Cl)C(=O)C1N=Nc1cc2c(S(=O)(=O)O)cc(SOOO)cc2cc1S(=O)(=O)O. The molecule has 0 saturated carbocycles. The third-order valence-corrected chi connectivity index (χ3v) is 7.79. The van der Waals surface area contributed by atoms with Crippen LogP contribution < -0.4 is 5.01 Å². The van der Waals surface area contributed by atoms with Crippen molar-refractivity contribution in [2.45, 2.75) is 27.7 Å². The van der Waals surface area contributed by atoms with Gasteiger partial charge in [0.1, 0.15) is 15.5 Å². The molecule has 1 aliphatic rings. The van der Waals surface area contributed by atoms with Gasteiger partial charge in [-0.15, -0.1) is 4.33 Å². The van der Waals surface area contributed by atoms with Gasteiger partial charge in [-0.05, 0) is 48.7 Å². The van der Waals surface area contributed by atoms with Crippen LogP contribution in [-0.4, -0.2) is 48.9 Å². The van der Waals surface area contributed by atoms with Gasteiger partial charge in [0.25, 0.3) is 26.1 Å². The van der Waals surface area contributed by atoms with E-state index in [-0.39, 0.29) is 32.1 Å². The molecule has 18 heteroatoms. The second-order valence-corrected chi connectivity index (χ2v) is 11.6. The number of hydrogen-bond donors (Lipinski definition) is 3. The molecule has 0 bridgehead atoms. The summed E-state index contributed by atoms with van der Waals surface area (Å²) in [5, 5.41) is 24.6. The molecule has 3 aromatic carbocycles. The highest BCUT2D eigenvalue weighted by Gasteiger charge is 2.36. The fourth-order valence-electron chi connectivity index (χ4n) is 3.52. The van der Waals surface area contributed by atoms with Gasteiger partial charge in [-0.25, -0.2) is 5.26 Å². The van der Waals surface area contributed by atoms with E-state index in [1.165, 1.54) is 13.0 Å². The first kappa shape index (κ1) is 28.0. The zero-order chi connectivity index (χ0) is 27.8. The number of anilines is 1. The molecule has 4 rings (SSSR count). The highest BCUT2D eigenvalue weighted by Crippen LogP contribution is 2.37. The first-order valence-corrected chi connectivity index (χ1v) is 14.1. The van der Waals surface area contributed by atoms with Crippen LogP contribution in [0.1, 0.15) is 6.92 Å². The van der Waals surface area contributed by atoms with Gasteiger partial charge in [0, 0.05) is 10.3 Å². The lowest BCUT2D eigenvalue weighted by Crippen LogP contribution is -2.29. The van der Waals surface area contributed by atoms with Crippen molar-refractivity contribution >= 4 is 77.6 Å². The Kier molecular flexibility index (Phi) is 7.84. The molecule has 0 fully saturated rings. The van der Waals surface area contributed by atoms with Crippen LogP contribution in [0.4, 0.5) is 11.4 Å². The molecular weight excluding hydrogens is 588 g/mol. The Morgan fingerprint density at radius 3 is 2.37 bits per heavy atom. The van der Waals surface area contributed by atoms with E-state index in [1.54, 1.807) is 24.3 Å². The van der Waals surface area contributed by atoms with Crippen LogP contribution in [0.5, 0.6) is 0 Å². The van der Waals surface area contributed by atoms with E-state index in [9.17, 15) is 30.7 Å². The largest absolute Gasteiger partial charge is 0.296 e. The fourth-order valence-corrected chi connectivity index (χ4v) is 5.64. The summed E-state index contributed by atoms with van der Waals surface area (Å²) in [6.45, 7) is 1.48. The van der Waals surface area contributed by atoms with E-state index in [4.69, 9.17) is 16.9 Å². The standard InChI is InChI=1S/C20H15ClN4O10S3/c1-10-19(20(26)25(24-10)16-5-3-2-4-14(16)21)23-22-15-9-13-11(7-18(15)38(31,32)33)6-12(36-35-34-27)8-17(13)37(28,29)30/h2-9,19,27H,1H3,(H,28,29,30)(H,31,32,33). The maximum atomic E-state index is 13.0. The maximum Gasteiger partial charge on any atom is 0.296 e. The number of nitrogens with zero attached hydrogens (tertiary/aromatic N) is 4. The predicted octanol–water partition coefficient (Wildman–Crippen LogP) is 4.29. The summed E-state index contributed by atoms with van der Waals surface area (Å²) >= 11 is 6.49. The number of rotatable bonds is 8. The molecule has 0 aromatic heterocycles. The molecular formula is C20H15ClN4O10S3. The number of para-hydroxylation sites is 1. The summed E-state index contributed by atoms with van der Waals surface area (Å²) in [6, 6.07) is 9.12. The number of amides is 1. The Labute approximate surface area is 224 Å². The van der Waals surface area contributed by atoms with Gasteiger partial charge >= 0.3 is 0 Å². The minimum atomic E-state index is -4.95. The number of carbonyl (C=O) groups excluding carboxylic acids is 1. The molecule has 0 spiro atoms. The molecule has 3 N–H and O–H groups in total. The van der Waals surface area contributed by atoms with Gasteiger partial charge < -0.3 is 0 Å². The molecule has 200 valence electrons. The van der Waals surface area contributed by atoms with Crippen LogP contribution in [0, 0.1) is 0 Å². The van der Waals surface area contributed by atoms with Crippen LogP contribution >= 0.6 is 23.6 Å². The number of benzene rings is 3. The highest BCUT2D eigenvalue weighted by molar-refractivity contribution is 7.94. The molecule has 14 nitrogen and oxygen atoms in total. The number of azo groups is 1. The third kappa shape index (κ3) is 5.70. The van der Waals surface area contributed by atoms with Gasteiger partial charge in [0.2, 0.25) is 0 Å². The Morgan fingerprint density at radius 2 is 1.74 bits per heavy atom. The normalized spacial score (nSPS) is 16.6. The van der Waals surface area contributed by atoms with Gasteiger partial charge in [-0.2, -0.15) is 37.2 Å². The Hall–Kier alpha value is -3.00. The number of halogens is 1. The highest BCUT2D eigenvalue weighted by atomic mass is 35.5. The molecule has 0 saturated heterocycles. The smallest absolute Gasteiger partial charge is 0.282 e. The second-order valence-electron chi connectivity index (χ2n) is 7.60. The summed E-state index contributed by atoms with van der Waals surface area (Å²) in [6.07, 6.45) is 0. The van der Waals surface area contributed by atoms with Crippen molar-refractivity contribution in [3.8, 4) is 0 Å². The van der Waals surface area contributed by atoms with Crippen LogP contribution in [-0.2, 0) is 34.4 Å². The summed E-state index contributed by atoms with van der Waals surface area (Å²) < 4.78 is 72.1. The van der Waals surface area contributed by atoms with E-state index in [0.29, 0.717) is 12.0 Å². The van der Waals surface area contributed by atoms with Crippen LogP contribution in [0.3, 0.4) is 0 Å². The van der Waals surface area contributed by atoms with Crippen LogP contribution in [0.25, 0.3) is 10.8 Å². The molecule has 3 aromatic rings. The second kappa shape index (κ2) is 10.6. The molecule has 1 unspecified atom stereocenters. The average Bonchev–Trinajstić information content (AvgIpc) is 3.12. The Bertz CT molecular complexity index is 1730. The van der Waals surface area contributed by atoms with Gasteiger partial charge in [-0.1, -0.05) is 28.8 Å². The van der Waals surface area contributed by atoms with Gasteiger partial charge in [0.15, 0.2) is 6.04 Å². The minimum Gasteiger partial charge on any atom is -0.282 e. The molecule has 0 aliphatic carbocycles. The zero-order valence-corrected chi connectivity index (χ0v) is 22.0. The summed E-state index contributed by atoms with van der Waals surface area (Å²) in [5.74, 6) is -0.653. The van der Waals surface area contributed by atoms with Crippen LogP contribution in [0.2, 0.25) is 5.02 Å². The summed E-state index contributed by atoms with van der Waals surface area (Å²) in [4.78, 5) is 11.5. The van der Waals surface area contributed by atoms with Gasteiger partial charge in [0.05, 0.1) is 28.5 Å². The minimum absolute atomic E-state index is 0.0297. The van der Waals surface area contributed by atoms with Crippen molar-refractivity contribution < 1.29 is 45.4 Å². The Morgan fingerprint density at radius 1 is 1.05 bits per heavy atom. The van der Waals surface area contributed by atoms with Crippen molar-refractivity contribution in [3.63, 3.8) is 0 Å². The first-order valence-electron chi connectivity index (χ1n) is 10.1. The van der Waals surface area contributed by atoms with Crippen molar-refractivity contribution in [3.05, 3.63) is 53.6 Å². The average molecular weight is 603 g/mol. The van der Waals surface area contributed by atoms with Crippen molar-refractivity contribution in [2.75, 3.05) is 5.01 Å². The number of fused-ring (bicyclic) bond motifs is 1. The van der Waals surface area contributed by atoms with Crippen molar-refractivity contribution in [1.82, 2.24) is 0 Å². The number of carbonyl (C=O) groups is 1. The lowest BCUT2D eigenvalue weighted by Gasteiger charge is -2.14. The third-order valence-electron chi connectivity index (χ3n) is 5.14. The number of hydrogen-bond acceptors (Lipinski definition) is 12. The van der Waals surface area contributed by atoms with Crippen LogP contribution in [0.15, 0.2) is 78.5 Å². The summed E-state index contributed by atoms with van der Waals surface area (Å²) in [5.41, 5.74) is -0.0566. The predicted molar refractivity (Wildman–Crippen MR) is 135 cm³/mol. The molecule has 1 heterocycles. The quantitative estimate of drug-likeness (QED) is 0.109.